The van der Waals surface area contributed by atoms with Crippen molar-refractivity contribution >= 4 is 17.5 Å². The molecule has 0 aliphatic heterocycles. The lowest BCUT2D eigenvalue weighted by Crippen LogP contribution is -2.30. The van der Waals surface area contributed by atoms with Crippen molar-refractivity contribution in [1.29, 1.82) is 0 Å². The number of carbonyl (C=O) groups excluding carboxylic acids is 2. The smallest absolute Gasteiger partial charge is 0.265 e. The summed E-state index contributed by atoms with van der Waals surface area (Å²) in [5.41, 5.74) is 1.05. The number of ether oxygens (including phenoxy) is 2. The summed E-state index contributed by atoms with van der Waals surface area (Å²) in [6.07, 6.45) is 0.170. The molecule has 0 saturated heterocycles. The van der Waals surface area contributed by atoms with Gasteiger partial charge in [-0.3, -0.25) is 9.59 Å². The summed E-state index contributed by atoms with van der Waals surface area (Å²) in [6, 6.07) is 13.8. The molecule has 0 bridgehead atoms. The molecule has 0 aliphatic rings. The molecule has 138 valence electrons. The summed E-state index contributed by atoms with van der Waals surface area (Å²) in [4.78, 5) is 24.3. The van der Waals surface area contributed by atoms with E-state index in [4.69, 9.17) is 9.47 Å². The Balaban J connectivity index is 1.96. The molecule has 0 heterocycles. The zero-order valence-corrected chi connectivity index (χ0v) is 15.2. The first-order valence-corrected chi connectivity index (χ1v) is 8.53. The quantitative estimate of drug-likeness (QED) is 0.761. The van der Waals surface area contributed by atoms with E-state index in [1.165, 1.54) is 0 Å². The van der Waals surface area contributed by atoms with Crippen molar-refractivity contribution in [3.8, 4) is 11.5 Å². The number of hydrogen-bond donors (Lipinski definition) is 2. The molecule has 6 heteroatoms. The van der Waals surface area contributed by atoms with Crippen LogP contribution in [0.1, 0.15) is 30.6 Å². The normalized spacial score (nSPS) is 11.3. The number of methoxy groups -OCH3 is 1. The van der Waals surface area contributed by atoms with Crippen LogP contribution in [0.5, 0.6) is 11.5 Å². The third-order valence-corrected chi connectivity index (χ3v) is 3.67. The molecule has 2 N–H and O–H groups in total. The van der Waals surface area contributed by atoms with Crippen LogP contribution in [0.3, 0.4) is 0 Å². The third-order valence-electron chi connectivity index (χ3n) is 3.67. The fraction of sp³-hybridized carbons (Fsp3) is 0.300. The predicted octanol–water partition coefficient (Wildman–Crippen LogP) is 3.24. The van der Waals surface area contributed by atoms with Crippen molar-refractivity contribution in [3.05, 3.63) is 54.1 Å². The van der Waals surface area contributed by atoms with Gasteiger partial charge in [-0.25, -0.2) is 0 Å². The minimum atomic E-state index is -0.694. The molecule has 0 spiro atoms. The van der Waals surface area contributed by atoms with Crippen LogP contribution < -0.4 is 20.1 Å². The van der Waals surface area contributed by atoms with Gasteiger partial charge in [-0.1, -0.05) is 13.0 Å². The van der Waals surface area contributed by atoms with Crippen LogP contribution in [0.2, 0.25) is 0 Å². The second-order valence-electron chi connectivity index (χ2n) is 5.76. The average molecular weight is 356 g/mol. The van der Waals surface area contributed by atoms with E-state index >= 15 is 0 Å². The molecule has 26 heavy (non-hydrogen) atoms. The van der Waals surface area contributed by atoms with Crippen LogP contribution in [0.15, 0.2) is 48.5 Å². The fourth-order valence-electron chi connectivity index (χ4n) is 2.23. The second kappa shape index (κ2) is 9.46. The molecule has 0 fully saturated rings. The molecule has 0 saturated carbocycles. The SMILES string of the molecule is CCCNC(=O)c1cccc(NC(=O)C(C)Oc2ccc(OC)cc2)c1. The van der Waals surface area contributed by atoms with Gasteiger partial charge in [-0.2, -0.15) is 0 Å². The van der Waals surface area contributed by atoms with Crippen LogP contribution in [0, 0.1) is 0 Å². The number of carbonyl (C=O) groups is 2. The zero-order chi connectivity index (χ0) is 18.9. The van der Waals surface area contributed by atoms with Crippen LogP contribution in [-0.2, 0) is 4.79 Å². The zero-order valence-electron chi connectivity index (χ0n) is 15.2. The van der Waals surface area contributed by atoms with E-state index in [0.29, 0.717) is 29.3 Å². The van der Waals surface area contributed by atoms with Gasteiger partial charge < -0.3 is 20.1 Å². The monoisotopic (exact) mass is 356 g/mol. The highest BCUT2D eigenvalue weighted by molar-refractivity contribution is 5.98. The largest absolute Gasteiger partial charge is 0.497 e. The lowest BCUT2D eigenvalue weighted by Gasteiger charge is -2.15. The Morgan fingerprint density at radius 3 is 2.42 bits per heavy atom. The van der Waals surface area contributed by atoms with Crippen molar-refractivity contribution in [1.82, 2.24) is 5.32 Å². The van der Waals surface area contributed by atoms with Crippen molar-refractivity contribution in [2.24, 2.45) is 0 Å². The Labute approximate surface area is 153 Å². The molecular formula is C20H24N2O4. The maximum Gasteiger partial charge on any atom is 0.265 e. The van der Waals surface area contributed by atoms with Crippen molar-refractivity contribution in [2.75, 3.05) is 19.0 Å². The summed E-state index contributed by atoms with van der Waals surface area (Å²) in [7, 11) is 1.59. The van der Waals surface area contributed by atoms with Gasteiger partial charge in [0.2, 0.25) is 0 Å². The Morgan fingerprint density at radius 2 is 1.77 bits per heavy atom. The Morgan fingerprint density at radius 1 is 1.08 bits per heavy atom. The summed E-state index contributed by atoms with van der Waals surface area (Å²) < 4.78 is 10.7. The lowest BCUT2D eigenvalue weighted by atomic mass is 10.2. The van der Waals surface area contributed by atoms with Crippen LogP contribution in [-0.4, -0.2) is 31.6 Å². The average Bonchev–Trinajstić information content (AvgIpc) is 2.66. The Hall–Kier alpha value is -3.02. The molecule has 1 unspecified atom stereocenters. The van der Waals surface area contributed by atoms with Gasteiger partial charge in [0, 0.05) is 17.8 Å². The Kier molecular flexibility index (Phi) is 7.02. The topological polar surface area (TPSA) is 76.7 Å². The fourth-order valence-corrected chi connectivity index (χ4v) is 2.23. The highest BCUT2D eigenvalue weighted by atomic mass is 16.5. The third kappa shape index (κ3) is 5.51. The standard InChI is InChI=1S/C20H24N2O4/c1-4-12-21-20(24)15-6-5-7-16(13-15)22-19(23)14(2)26-18-10-8-17(25-3)9-11-18/h5-11,13-14H,4,12H2,1-3H3,(H,21,24)(H,22,23). The van der Waals surface area contributed by atoms with Gasteiger partial charge in [0.05, 0.1) is 7.11 Å². The van der Waals surface area contributed by atoms with Gasteiger partial charge in [0.25, 0.3) is 11.8 Å². The molecule has 0 aliphatic carbocycles. The molecule has 2 amide bonds. The lowest BCUT2D eigenvalue weighted by molar-refractivity contribution is -0.122. The van der Waals surface area contributed by atoms with E-state index in [2.05, 4.69) is 10.6 Å². The maximum absolute atomic E-state index is 12.3. The van der Waals surface area contributed by atoms with Crippen LogP contribution >= 0.6 is 0 Å². The number of anilines is 1. The summed E-state index contributed by atoms with van der Waals surface area (Å²) in [5.74, 6) is 0.825. The number of hydrogen-bond acceptors (Lipinski definition) is 4. The molecule has 0 aromatic heterocycles. The van der Waals surface area contributed by atoms with Gasteiger partial charge in [0.15, 0.2) is 6.10 Å². The number of nitrogens with one attached hydrogen (secondary N) is 2. The van der Waals surface area contributed by atoms with Gasteiger partial charge >= 0.3 is 0 Å². The summed E-state index contributed by atoms with van der Waals surface area (Å²) in [5, 5.41) is 5.57. The molecule has 2 aromatic rings. The van der Waals surface area contributed by atoms with E-state index in [1.807, 2.05) is 6.92 Å². The molecule has 1 atom stereocenters. The number of amides is 2. The highest BCUT2D eigenvalue weighted by Crippen LogP contribution is 2.19. The van der Waals surface area contributed by atoms with E-state index in [0.717, 1.165) is 6.42 Å². The van der Waals surface area contributed by atoms with E-state index < -0.39 is 6.10 Å². The minimum Gasteiger partial charge on any atom is -0.497 e. The molecule has 0 radical (unpaired) electrons. The molecule has 2 aromatic carbocycles. The van der Waals surface area contributed by atoms with Crippen LogP contribution in [0.4, 0.5) is 5.69 Å². The van der Waals surface area contributed by atoms with Crippen molar-refractivity contribution < 1.29 is 19.1 Å². The number of rotatable bonds is 8. The second-order valence-corrected chi connectivity index (χ2v) is 5.76. The first kappa shape index (κ1) is 19.3. The minimum absolute atomic E-state index is 0.162. The van der Waals surface area contributed by atoms with Gasteiger partial charge in [-0.15, -0.1) is 0 Å². The molecular weight excluding hydrogens is 332 g/mol. The predicted molar refractivity (Wildman–Crippen MR) is 101 cm³/mol. The first-order valence-electron chi connectivity index (χ1n) is 8.53. The number of benzene rings is 2. The van der Waals surface area contributed by atoms with Crippen molar-refractivity contribution in [2.45, 2.75) is 26.4 Å². The summed E-state index contributed by atoms with van der Waals surface area (Å²) in [6.45, 7) is 4.26. The van der Waals surface area contributed by atoms with Crippen LogP contribution in [0.25, 0.3) is 0 Å². The van der Waals surface area contributed by atoms with E-state index in [-0.39, 0.29) is 11.8 Å². The summed E-state index contributed by atoms with van der Waals surface area (Å²) >= 11 is 0. The van der Waals surface area contributed by atoms with Gasteiger partial charge in [0.1, 0.15) is 11.5 Å². The Bertz CT molecular complexity index is 744. The molecule has 2 rings (SSSR count). The first-order chi connectivity index (χ1) is 12.5. The van der Waals surface area contributed by atoms with Crippen molar-refractivity contribution in [3.63, 3.8) is 0 Å². The van der Waals surface area contributed by atoms with E-state index in [9.17, 15) is 9.59 Å². The molecule has 6 nitrogen and oxygen atoms in total. The maximum atomic E-state index is 12.3. The highest BCUT2D eigenvalue weighted by Gasteiger charge is 2.15. The van der Waals surface area contributed by atoms with E-state index in [1.54, 1.807) is 62.6 Å². The van der Waals surface area contributed by atoms with Gasteiger partial charge in [-0.05, 0) is 55.8 Å².